The second-order valence-electron chi connectivity index (χ2n) is 5.80. The predicted molar refractivity (Wildman–Crippen MR) is 79.7 cm³/mol. The molecule has 4 heteroatoms. The number of benzene rings is 1. The Kier molecular flexibility index (Phi) is 3.25. The number of rotatable bonds is 1. The van der Waals surface area contributed by atoms with Gasteiger partial charge >= 0.3 is 0 Å². The predicted octanol–water partition coefficient (Wildman–Crippen LogP) is 3.75. The van der Waals surface area contributed by atoms with Gasteiger partial charge in [0, 0.05) is 10.6 Å². The van der Waals surface area contributed by atoms with Crippen LogP contribution in [-0.4, -0.2) is 16.6 Å². The van der Waals surface area contributed by atoms with Crippen molar-refractivity contribution in [2.45, 2.75) is 44.6 Å². The first kappa shape index (κ1) is 13.5. The minimum Gasteiger partial charge on any atom is -0.509 e. The van der Waals surface area contributed by atoms with Crippen LogP contribution in [0.2, 0.25) is 5.02 Å². The van der Waals surface area contributed by atoms with Gasteiger partial charge in [-0.2, -0.15) is 0 Å². The van der Waals surface area contributed by atoms with Gasteiger partial charge in [0.05, 0.1) is 11.1 Å². The van der Waals surface area contributed by atoms with Crippen molar-refractivity contribution in [2.24, 2.45) is 0 Å². The van der Waals surface area contributed by atoms with Gasteiger partial charge in [-0.15, -0.1) is 0 Å². The highest BCUT2D eigenvalue weighted by Crippen LogP contribution is 2.42. The molecule has 1 fully saturated rings. The molecule has 1 spiro atoms. The molecule has 0 atom stereocenters. The third-order valence-corrected chi connectivity index (χ3v) is 4.70. The molecule has 0 bridgehead atoms. The SMILES string of the molecule is Cc1ccc(Cl)c(C2=C(O)C3(CCCCC3)NC2=O)c1. The zero-order chi connectivity index (χ0) is 14.3. The van der Waals surface area contributed by atoms with Crippen LogP contribution in [0.5, 0.6) is 0 Å². The molecule has 1 aliphatic heterocycles. The zero-order valence-electron chi connectivity index (χ0n) is 11.5. The van der Waals surface area contributed by atoms with Crippen molar-refractivity contribution in [2.75, 3.05) is 0 Å². The third-order valence-electron chi connectivity index (χ3n) is 4.37. The zero-order valence-corrected chi connectivity index (χ0v) is 12.3. The first-order chi connectivity index (χ1) is 9.53. The molecule has 0 unspecified atom stereocenters. The summed E-state index contributed by atoms with van der Waals surface area (Å²) >= 11 is 6.21. The maximum absolute atomic E-state index is 12.3. The van der Waals surface area contributed by atoms with E-state index < -0.39 is 5.54 Å². The minimum atomic E-state index is -0.558. The Morgan fingerprint density at radius 3 is 2.65 bits per heavy atom. The summed E-state index contributed by atoms with van der Waals surface area (Å²) in [5, 5.41) is 14.1. The normalized spacial score (nSPS) is 21.4. The monoisotopic (exact) mass is 291 g/mol. The summed E-state index contributed by atoms with van der Waals surface area (Å²) in [6, 6.07) is 5.52. The standard InChI is InChI=1S/C16H18ClNO2/c1-10-5-6-12(17)11(9-10)13-14(19)16(18-15(13)20)7-3-2-4-8-16/h5-6,9,19H,2-4,7-8H2,1H3,(H,18,20). The van der Waals surface area contributed by atoms with Crippen molar-refractivity contribution in [1.82, 2.24) is 5.32 Å². The van der Waals surface area contributed by atoms with Crippen LogP contribution in [-0.2, 0) is 4.79 Å². The number of aliphatic hydroxyl groups excluding tert-OH is 1. The molecule has 1 amide bonds. The lowest BCUT2D eigenvalue weighted by atomic mass is 9.80. The van der Waals surface area contributed by atoms with Crippen molar-refractivity contribution in [3.8, 4) is 0 Å². The summed E-state index contributed by atoms with van der Waals surface area (Å²) in [7, 11) is 0. The number of halogens is 1. The van der Waals surface area contributed by atoms with Crippen molar-refractivity contribution in [3.05, 3.63) is 40.1 Å². The van der Waals surface area contributed by atoms with Crippen LogP contribution in [0.4, 0.5) is 0 Å². The summed E-state index contributed by atoms with van der Waals surface area (Å²) in [5.74, 6) is -0.0356. The summed E-state index contributed by atoms with van der Waals surface area (Å²) in [6.45, 7) is 1.95. The van der Waals surface area contributed by atoms with Gasteiger partial charge in [0.2, 0.25) is 0 Å². The highest BCUT2D eigenvalue weighted by molar-refractivity contribution is 6.35. The van der Waals surface area contributed by atoms with E-state index >= 15 is 0 Å². The van der Waals surface area contributed by atoms with Gasteiger partial charge in [-0.25, -0.2) is 0 Å². The van der Waals surface area contributed by atoms with Crippen LogP contribution in [0.1, 0.15) is 43.2 Å². The molecule has 1 saturated carbocycles. The van der Waals surface area contributed by atoms with Gasteiger partial charge in [-0.05, 0) is 31.9 Å². The fourth-order valence-corrected chi connectivity index (χ4v) is 3.50. The molecule has 1 aliphatic carbocycles. The van der Waals surface area contributed by atoms with Crippen molar-refractivity contribution >= 4 is 23.1 Å². The molecule has 0 radical (unpaired) electrons. The second-order valence-corrected chi connectivity index (χ2v) is 6.21. The Balaban J connectivity index is 2.11. The molecule has 2 N–H and O–H groups in total. The van der Waals surface area contributed by atoms with Gasteiger partial charge in [-0.3, -0.25) is 4.79 Å². The topological polar surface area (TPSA) is 49.3 Å². The molecule has 1 aromatic rings. The van der Waals surface area contributed by atoms with E-state index in [1.54, 1.807) is 6.07 Å². The lowest BCUT2D eigenvalue weighted by molar-refractivity contribution is -0.116. The van der Waals surface area contributed by atoms with Gasteiger partial charge in [0.25, 0.3) is 5.91 Å². The second kappa shape index (κ2) is 4.81. The van der Waals surface area contributed by atoms with Crippen LogP contribution in [0.15, 0.2) is 24.0 Å². The summed E-state index contributed by atoms with van der Waals surface area (Å²) in [5.41, 5.74) is 1.43. The first-order valence-electron chi connectivity index (χ1n) is 7.06. The van der Waals surface area contributed by atoms with E-state index in [1.165, 1.54) is 0 Å². The Morgan fingerprint density at radius 2 is 1.95 bits per heavy atom. The number of carbonyl (C=O) groups excluding carboxylic acids is 1. The summed E-state index contributed by atoms with van der Waals surface area (Å²) in [6.07, 6.45) is 4.82. The van der Waals surface area contributed by atoms with E-state index in [1.807, 2.05) is 19.1 Å². The smallest absolute Gasteiger partial charge is 0.256 e. The Bertz CT molecular complexity index is 600. The van der Waals surface area contributed by atoms with Gasteiger partial charge in [0.15, 0.2) is 0 Å². The van der Waals surface area contributed by atoms with E-state index in [-0.39, 0.29) is 11.7 Å². The number of amides is 1. The summed E-state index contributed by atoms with van der Waals surface area (Å²) < 4.78 is 0. The molecular formula is C16H18ClNO2. The van der Waals surface area contributed by atoms with E-state index in [9.17, 15) is 9.90 Å². The largest absolute Gasteiger partial charge is 0.509 e. The molecule has 106 valence electrons. The van der Waals surface area contributed by atoms with Crippen LogP contribution < -0.4 is 5.32 Å². The molecule has 20 heavy (non-hydrogen) atoms. The quantitative estimate of drug-likeness (QED) is 0.828. The molecule has 1 aromatic carbocycles. The minimum absolute atomic E-state index is 0.176. The average Bonchev–Trinajstić information content (AvgIpc) is 2.65. The van der Waals surface area contributed by atoms with Crippen molar-refractivity contribution in [3.63, 3.8) is 0 Å². The average molecular weight is 292 g/mol. The highest BCUT2D eigenvalue weighted by atomic mass is 35.5. The molecule has 1 heterocycles. The van der Waals surface area contributed by atoms with E-state index in [4.69, 9.17) is 11.6 Å². The van der Waals surface area contributed by atoms with Crippen molar-refractivity contribution in [1.29, 1.82) is 0 Å². The maximum Gasteiger partial charge on any atom is 0.256 e. The molecule has 2 aliphatic rings. The Morgan fingerprint density at radius 1 is 1.25 bits per heavy atom. The molecule has 0 saturated heterocycles. The molecular weight excluding hydrogens is 274 g/mol. The van der Waals surface area contributed by atoms with Gasteiger partial charge < -0.3 is 10.4 Å². The molecule has 3 rings (SSSR count). The highest BCUT2D eigenvalue weighted by Gasteiger charge is 2.46. The fraction of sp³-hybridized carbons (Fsp3) is 0.438. The Hall–Kier alpha value is -1.48. The van der Waals surface area contributed by atoms with Crippen LogP contribution >= 0.6 is 11.6 Å². The van der Waals surface area contributed by atoms with E-state index in [2.05, 4.69) is 5.32 Å². The number of aliphatic hydroxyl groups is 1. The molecule has 0 aromatic heterocycles. The van der Waals surface area contributed by atoms with Crippen molar-refractivity contribution < 1.29 is 9.90 Å². The Labute approximate surface area is 123 Å². The number of hydrogen-bond donors (Lipinski definition) is 2. The number of aryl methyl sites for hydroxylation is 1. The lowest BCUT2D eigenvalue weighted by Gasteiger charge is -2.33. The van der Waals surface area contributed by atoms with Crippen LogP contribution in [0.3, 0.4) is 0 Å². The van der Waals surface area contributed by atoms with Crippen LogP contribution in [0, 0.1) is 6.92 Å². The summed E-state index contributed by atoms with van der Waals surface area (Å²) in [4.78, 5) is 12.3. The van der Waals surface area contributed by atoms with E-state index in [0.717, 1.165) is 37.7 Å². The fourth-order valence-electron chi connectivity index (χ4n) is 3.28. The third kappa shape index (κ3) is 2.01. The van der Waals surface area contributed by atoms with Gasteiger partial charge in [-0.1, -0.05) is 42.5 Å². The maximum atomic E-state index is 12.3. The molecule has 3 nitrogen and oxygen atoms in total. The number of carbonyl (C=O) groups is 1. The number of nitrogens with one attached hydrogen (secondary N) is 1. The first-order valence-corrected chi connectivity index (χ1v) is 7.44. The lowest BCUT2D eigenvalue weighted by Crippen LogP contribution is -2.46. The van der Waals surface area contributed by atoms with E-state index in [0.29, 0.717) is 16.2 Å². The van der Waals surface area contributed by atoms with Gasteiger partial charge in [0.1, 0.15) is 5.76 Å². The van der Waals surface area contributed by atoms with Crippen LogP contribution in [0.25, 0.3) is 5.57 Å². The number of hydrogen-bond acceptors (Lipinski definition) is 2.